The number of urea groups is 1. The maximum absolute atomic E-state index is 12.1. The van der Waals surface area contributed by atoms with Gasteiger partial charge < -0.3 is 20.1 Å². The van der Waals surface area contributed by atoms with Crippen molar-refractivity contribution >= 4 is 17.7 Å². The Balaban J connectivity index is 2.07. The maximum atomic E-state index is 12.1. The number of carbonyl (C=O) groups is 2. The molecule has 2 N–H and O–H groups in total. The van der Waals surface area contributed by atoms with E-state index in [4.69, 9.17) is 9.84 Å². The molecular weight excluding hydrogens is 250 g/mol. The largest absolute Gasteiger partial charge is 0.480 e. The van der Waals surface area contributed by atoms with Gasteiger partial charge in [-0.05, 0) is 18.6 Å². The van der Waals surface area contributed by atoms with E-state index >= 15 is 0 Å². The lowest BCUT2D eigenvalue weighted by Crippen LogP contribution is -2.53. The van der Waals surface area contributed by atoms with Crippen LogP contribution in [0, 0.1) is 6.92 Å². The molecule has 1 aliphatic rings. The summed E-state index contributed by atoms with van der Waals surface area (Å²) in [5.74, 6) is -1.07. The van der Waals surface area contributed by atoms with E-state index in [0.29, 0.717) is 12.3 Å². The van der Waals surface area contributed by atoms with Gasteiger partial charge in [0.05, 0.1) is 25.1 Å². The number of aromatic nitrogens is 1. The summed E-state index contributed by atoms with van der Waals surface area (Å²) in [6.45, 7) is 2.46. The molecule has 0 saturated carbocycles. The van der Waals surface area contributed by atoms with Crippen LogP contribution in [0.1, 0.15) is 5.56 Å². The van der Waals surface area contributed by atoms with Gasteiger partial charge in [-0.15, -0.1) is 0 Å². The van der Waals surface area contributed by atoms with Crippen LogP contribution in [-0.4, -0.2) is 52.8 Å². The molecule has 1 saturated heterocycles. The van der Waals surface area contributed by atoms with Crippen molar-refractivity contribution in [1.82, 2.24) is 9.88 Å². The molecule has 0 aromatic carbocycles. The summed E-state index contributed by atoms with van der Waals surface area (Å²) in [5, 5.41) is 11.7. The van der Waals surface area contributed by atoms with Crippen molar-refractivity contribution in [2.75, 3.05) is 25.1 Å². The number of nitrogens with one attached hydrogen (secondary N) is 1. The summed E-state index contributed by atoms with van der Waals surface area (Å²) in [7, 11) is 0. The predicted octanol–water partition coefficient (Wildman–Crippen LogP) is 0.707. The van der Waals surface area contributed by atoms with Gasteiger partial charge in [-0.1, -0.05) is 0 Å². The second kappa shape index (κ2) is 5.66. The molecule has 1 aliphatic heterocycles. The number of pyridine rings is 1. The van der Waals surface area contributed by atoms with E-state index in [1.54, 1.807) is 12.3 Å². The van der Waals surface area contributed by atoms with E-state index in [0.717, 1.165) is 5.56 Å². The Bertz CT molecular complexity index is 492. The van der Waals surface area contributed by atoms with Crippen molar-refractivity contribution in [2.24, 2.45) is 0 Å². The van der Waals surface area contributed by atoms with Crippen LogP contribution < -0.4 is 5.32 Å². The SMILES string of the molecule is Cc1cncc(NC(=O)N2CCOCC2C(=O)O)c1. The molecule has 0 aliphatic carbocycles. The quantitative estimate of drug-likeness (QED) is 0.821. The van der Waals surface area contributed by atoms with Crippen LogP contribution in [0.2, 0.25) is 0 Å². The van der Waals surface area contributed by atoms with Gasteiger partial charge in [-0.25, -0.2) is 9.59 Å². The number of aliphatic carboxylic acids is 1. The second-order valence-electron chi connectivity index (χ2n) is 4.30. The molecule has 2 rings (SSSR count). The lowest BCUT2D eigenvalue weighted by atomic mass is 10.2. The Hall–Kier alpha value is -2.15. The molecule has 0 radical (unpaired) electrons. The van der Waals surface area contributed by atoms with Gasteiger partial charge in [0.1, 0.15) is 0 Å². The minimum atomic E-state index is -1.07. The summed E-state index contributed by atoms with van der Waals surface area (Å²) in [6.07, 6.45) is 3.19. The standard InChI is InChI=1S/C12H15N3O4/c1-8-4-9(6-13-5-8)14-12(18)15-2-3-19-7-10(15)11(16)17/h4-6,10H,2-3,7H2,1H3,(H,14,18)(H,16,17). The molecule has 0 bridgehead atoms. The molecule has 2 heterocycles. The van der Waals surface area contributed by atoms with Crippen LogP contribution in [0.5, 0.6) is 0 Å². The number of morpholine rings is 1. The lowest BCUT2D eigenvalue weighted by molar-refractivity contribution is -0.147. The Morgan fingerprint density at radius 1 is 1.53 bits per heavy atom. The summed E-state index contributed by atoms with van der Waals surface area (Å²) in [4.78, 5) is 28.3. The molecule has 19 heavy (non-hydrogen) atoms. The molecule has 0 spiro atoms. The number of rotatable bonds is 2. The molecule has 102 valence electrons. The highest BCUT2D eigenvalue weighted by atomic mass is 16.5. The minimum absolute atomic E-state index is 0.00875. The zero-order valence-corrected chi connectivity index (χ0v) is 10.5. The molecule has 1 aromatic heterocycles. The van der Waals surface area contributed by atoms with Crippen molar-refractivity contribution < 1.29 is 19.4 Å². The van der Waals surface area contributed by atoms with Gasteiger partial charge in [0.2, 0.25) is 0 Å². The molecule has 7 heteroatoms. The van der Waals surface area contributed by atoms with Crippen molar-refractivity contribution in [3.8, 4) is 0 Å². The van der Waals surface area contributed by atoms with Gasteiger partial charge in [0.25, 0.3) is 0 Å². The maximum Gasteiger partial charge on any atom is 0.328 e. The fourth-order valence-electron chi connectivity index (χ4n) is 1.87. The number of carboxylic acid groups (broad SMARTS) is 1. The topological polar surface area (TPSA) is 91.8 Å². The smallest absolute Gasteiger partial charge is 0.328 e. The van der Waals surface area contributed by atoms with E-state index in [2.05, 4.69) is 10.3 Å². The van der Waals surface area contributed by atoms with Crippen molar-refractivity contribution in [3.63, 3.8) is 0 Å². The van der Waals surface area contributed by atoms with Gasteiger partial charge in [0.15, 0.2) is 6.04 Å². The van der Waals surface area contributed by atoms with E-state index in [-0.39, 0.29) is 13.2 Å². The number of hydrogen-bond acceptors (Lipinski definition) is 4. The summed E-state index contributed by atoms with van der Waals surface area (Å²) in [5.41, 5.74) is 1.45. The number of aryl methyl sites for hydroxylation is 1. The highest BCUT2D eigenvalue weighted by Crippen LogP contribution is 2.12. The second-order valence-corrected chi connectivity index (χ2v) is 4.30. The summed E-state index contributed by atoms with van der Waals surface area (Å²) in [6, 6.07) is 0.357. The number of amides is 2. The Labute approximate surface area is 110 Å². The first-order valence-electron chi connectivity index (χ1n) is 5.88. The number of carbonyl (C=O) groups excluding carboxylic acids is 1. The molecule has 1 fully saturated rings. The molecule has 1 aromatic rings. The Morgan fingerprint density at radius 2 is 2.32 bits per heavy atom. The minimum Gasteiger partial charge on any atom is -0.480 e. The third kappa shape index (κ3) is 3.19. The van der Waals surface area contributed by atoms with E-state index in [1.807, 2.05) is 6.92 Å². The first kappa shape index (κ1) is 13.3. The van der Waals surface area contributed by atoms with Crippen LogP contribution in [0.3, 0.4) is 0 Å². The van der Waals surface area contributed by atoms with E-state index in [9.17, 15) is 9.59 Å². The molecule has 2 amide bonds. The molecule has 7 nitrogen and oxygen atoms in total. The fourth-order valence-corrected chi connectivity index (χ4v) is 1.87. The predicted molar refractivity (Wildman–Crippen MR) is 66.9 cm³/mol. The highest BCUT2D eigenvalue weighted by Gasteiger charge is 2.32. The van der Waals surface area contributed by atoms with Gasteiger partial charge in [0, 0.05) is 12.7 Å². The molecular formula is C12H15N3O4. The number of ether oxygens (including phenoxy) is 1. The number of carboxylic acids is 1. The molecule has 1 unspecified atom stereocenters. The van der Waals surface area contributed by atoms with E-state index in [1.165, 1.54) is 11.1 Å². The highest BCUT2D eigenvalue weighted by molar-refractivity contribution is 5.92. The monoisotopic (exact) mass is 265 g/mol. The Morgan fingerprint density at radius 3 is 3.00 bits per heavy atom. The van der Waals surface area contributed by atoms with Gasteiger partial charge in [-0.2, -0.15) is 0 Å². The van der Waals surface area contributed by atoms with Crippen LogP contribution >= 0.6 is 0 Å². The van der Waals surface area contributed by atoms with Crippen LogP contribution in [-0.2, 0) is 9.53 Å². The summed E-state index contributed by atoms with van der Waals surface area (Å²) >= 11 is 0. The number of hydrogen-bond donors (Lipinski definition) is 2. The Kier molecular flexibility index (Phi) is 3.96. The third-order valence-electron chi connectivity index (χ3n) is 2.80. The first-order chi connectivity index (χ1) is 9.08. The number of anilines is 1. The zero-order valence-electron chi connectivity index (χ0n) is 10.5. The summed E-state index contributed by atoms with van der Waals surface area (Å²) < 4.78 is 5.08. The van der Waals surface area contributed by atoms with Gasteiger partial charge >= 0.3 is 12.0 Å². The van der Waals surface area contributed by atoms with Crippen molar-refractivity contribution in [2.45, 2.75) is 13.0 Å². The van der Waals surface area contributed by atoms with Crippen molar-refractivity contribution in [3.05, 3.63) is 24.0 Å². The molecule has 1 atom stereocenters. The van der Waals surface area contributed by atoms with Gasteiger partial charge in [-0.3, -0.25) is 4.98 Å². The van der Waals surface area contributed by atoms with Crippen molar-refractivity contribution in [1.29, 1.82) is 0 Å². The normalized spacial score (nSPS) is 19.0. The van der Waals surface area contributed by atoms with E-state index < -0.39 is 18.0 Å². The lowest BCUT2D eigenvalue weighted by Gasteiger charge is -2.32. The van der Waals surface area contributed by atoms with Crippen LogP contribution in [0.25, 0.3) is 0 Å². The van der Waals surface area contributed by atoms with Crippen LogP contribution in [0.4, 0.5) is 10.5 Å². The zero-order chi connectivity index (χ0) is 13.8. The fraction of sp³-hybridized carbons (Fsp3) is 0.417. The number of nitrogens with zero attached hydrogens (tertiary/aromatic N) is 2. The average Bonchev–Trinajstić information content (AvgIpc) is 2.38. The van der Waals surface area contributed by atoms with Crippen LogP contribution in [0.15, 0.2) is 18.5 Å². The first-order valence-corrected chi connectivity index (χ1v) is 5.88. The third-order valence-corrected chi connectivity index (χ3v) is 2.80. The average molecular weight is 265 g/mol.